The fraction of sp³-hybridized carbons (Fsp3) is 0.304. The van der Waals surface area contributed by atoms with E-state index >= 15 is 0 Å². The van der Waals surface area contributed by atoms with Gasteiger partial charge in [0.25, 0.3) is 0 Å². The van der Waals surface area contributed by atoms with Crippen LogP contribution in [0.5, 0.6) is 23.0 Å². The first-order valence-corrected chi connectivity index (χ1v) is 9.94. The highest BCUT2D eigenvalue weighted by Crippen LogP contribution is 2.51. The van der Waals surface area contributed by atoms with Crippen LogP contribution < -0.4 is 30.4 Å². The van der Waals surface area contributed by atoms with Crippen molar-refractivity contribution in [3.05, 3.63) is 53.1 Å². The predicted molar refractivity (Wildman–Crippen MR) is 115 cm³/mol. The van der Waals surface area contributed by atoms with Crippen LogP contribution in [-0.2, 0) is 9.59 Å². The van der Waals surface area contributed by atoms with Crippen molar-refractivity contribution in [1.82, 2.24) is 0 Å². The molecule has 0 radical (unpaired) electrons. The maximum absolute atomic E-state index is 12.5. The molecule has 4 N–H and O–H groups in total. The zero-order chi connectivity index (χ0) is 22.5. The summed E-state index contributed by atoms with van der Waals surface area (Å²) < 4.78 is 22.9. The van der Waals surface area contributed by atoms with Crippen LogP contribution in [0, 0.1) is 0 Å². The van der Waals surface area contributed by atoms with Crippen molar-refractivity contribution in [3.8, 4) is 23.0 Å². The van der Waals surface area contributed by atoms with Crippen molar-refractivity contribution in [2.75, 3.05) is 20.3 Å². The molecule has 0 bridgehead atoms. The van der Waals surface area contributed by atoms with Gasteiger partial charge in [-0.25, -0.2) is 0 Å². The normalized spacial score (nSPS) is 17.1. The molecule has 8 heteroatoms. The Morgan fingerprint density at radius 1 is 1.03 bits per heavy atom. The fourth-order valence-corrected chi connectivity index (χ4v) is 3.60. The van der Waals surface area contributed by atoms with Gasteiger partial charge in [-0.3, -0.25) is 9.59 Å². The molecule has 8 nitrogen and oxygen atoms in total. The van der Waals surface area contributed by atoms with Crippen LogP contribution in [0.15, 0.2) is 36.4 Å². The Labute approximate surface area is 180 Å². The summed E-state index contributed by atoms with van der Waals surface area (Å²) in [6.07, 6.45) is 2.12. The van der Waals surface area contributed by atoms with Crippen LogP contribution in [0.3, 0.4) is 0 Å². The summed E-state index contributed by atoms with van der Waals surface area (Å²) in [6.45, 7) is 4.56. The molecule has 1 heterocycles. The number of nitrogens with two attached hydrogens (primary N) is 2. The summed E-state index contributed by atoms with van der Waals surface area (Å²) in [5, 5.41) is 0. The van der Waals surface area contributed by atoms with Gasteiger partial charge in [-0.05, 0) is 55.3 Å². The molecule has 164 valence electrons. The first-order valence-electron chi connectivity index (χ1n) is 9.94. The fourth-order valence-electron chi connectivity index (χ4n) is 3.60. The Morgan fingerprint density at radius 3 is 2.35 bits per heavy atom. The minimum atomic E-state index is -0.765. The number of benzene rings is 2. The van der Waals surface area contributed by atoms with Gasteiger partial charge >= 0.3 is 0 Å². The second-order valence-electron chi connectivity index (χ2n) is 6.87. The van der Waals surface area contributed by atoms with Gasteiger partial charge in [-0.2, -0.15) is 0 Å². The summed E-state index contributed by atoms with van der Waals surface area (Å²) in [4.78, 5) is 23.6. The summed E-state index contributed by atoms with van der Waals surface area (Å²) in [7, 11) is 1.56. The SMILES string of the molecule is CCOc1cc(C2Oc3c(OCC)cc(/C=C/C(N)=O)cc3C2C(N)=O)ccc1OC. The number of hydrogen-bond donors (Lipinski definition) is 2. The molecule has 0 aromatic heterocycles. The molecule has 2 aromatic carbocycles. The third-order valence-corrected chi connectivity index (χ3v) is 4.85. The van der Waals surface area contributed by atoms with E-state index in [2.05, 4.69) is 0 Å². The Kier molecular flexibility index (Phi) is 6.69. The van der Waals surface area contributed by atoms with Crippen LogP contribution >= 0.6 is 0 Å². The van der Waals surface area contributed by atoms with Crippen molar-refractivity contribution in [2.24, 2.45) is 11.5 Å². The van der Waals surface area contributed by atoms with Crippen LogP contribution in [-0.4, -0.2) is 32.1 Å². The first-order chi connectivity index (χ1) is 14.9. The molecule has 1 aliphatic rings. The van der Waals surface area contributed by atoms with Crippen LogP contribution in [0.2, 0.25) is 0 Å². The Balaban J connectivity index is 2.10. The van der Waals surface area contributed by atoms with E-state index in [-0.39, 0.29) is 0 Å². The lowest BCUT2D eigenvalue weighted by Gasteiger charge is -2.19. The van der Waals surface area contributed by atoms with Gasteiger partial charge in [-0.1, -0.05) is 6.07 Å². The maximum Gasteiger partial charge on any atom is 0.241 e. The quantitative estimate of drug-likeness (QED) is 0.594. The second-order valence-corrected chi connectivity index (χ2v) is 6.87. The first kappa shape index (κ1) is 22.0. The lowest BCUT2D eigenvalue weighted by molar-refractivity contribution is -0.120. The molecular formula is C23H26N2O6. The topological polar surface area (TPSA) is 123 Å². The number of primary amides is 2. The summed E-state index contributed by atoms with van der Waals surface area (Å²) in [5.41, 5.74) is 12.9. The van der Waals surface area contributed by atoms with Crippen LogP contribution in [0.1, 0.15) is 42.6 Å². The van der Waals surface area contributed by atoms with E-state index in [0.29, 0.717) is 52.9 Å². The highest BCUT2D eigenvalue weighted by atomic mass is 16.5. The molecule has 0 spiro atoms. The van der Waals surface area contributed by atoms with Crippen molar-refractivity contribution in [2.45, 2.75) is 25.9 Å². The summed E-state index contributed by atoms with van der Waals surface area (Å²) >= 11 is 0. The van der Waals surface area contributed by atoms with E-state index in [0.717, 1.165) is 0 Å². The predicted octanol–water partition coefficient (Wildman–Crippen LogP) is 2.69. The molecule has 0 saturated heterocycles. The smallest absolute Gasteiger partial charge is 0.241 e. The minimum absolute atomic E-state index is 0.391. The third kappa shape index (κ3) is 4.58. The molecule has 2 unspecified atom stereocenters. The van der Waals surface area contributed by atoms with Gasteiger partial charge in [0.15, 0.2) is 23.0 Å². The van der Waals surface area contributed by atoms with E-state index < -0.39 is 23.8 Å². The Bertz CT molecular complexity index is 1020. The number of methoxy groups -OCH3 is 1. The lowest BCUT2D eigenvalue weighted by atomic mass is 9.89. The molecule has 0 aliphatic carbocycles. The van der Waals surface area contributed by atoms with Crippen molar-refractivity contribution in [3.63, 3.8) is 0 Å². The summed E-state index contributed by atoms with van der Waals surface area (Å²) in [6, 6.07) is 8.82. The Hall–Kier alpha value is -3.68. The van der Waals surface area contributed by atoms with E-state index in [1.807, 2.05) is 19.9 Å². The van der Waals surface area contributed by atoms with Gasteiger partial charge in [0.2, 0.25) is 11.8 Å². The van der Waals surface area contributed by atoms with E-state index in [1.165, 1.54) is 6.08 Å². The molecule has 2 aromatic rings. The van der Waals surface area contributed by atoms with Gasteiger partial charge < -0.3 is 30.4 Å². The maximum atomic E-state index is 12.5. The van der Waals surface area contributed by atoms with E-state index in [9.17, 15) is 9.59 Å². The van der Waals surface area contributed by atoms with Crippen molar-refractivity contribution < 1.29 is 28.5 Å². The van der Waals surface area contributed by atoms with Crippen LogP contribution in [0.4, 0.5) is 0 Å². The molecule has 3 rings (SSSR count). The number of fused-ring (bicyclic) bond motifs is 1. The minimum Gasteiger partial charge on any atom is -0.493 e. The van der Waals surface area contributed by atoms with E-state index in [1.54, 1.807) is 37.5 Å². The highest BCUT2D eigenvalue weighted by Gasteiger charge is 2.41. The third-order valence-electron chi connectivity index (χ3n) is 4.85. The Morgan fingerprint density at radius 2 is 1.74 bits per heavy atom. The van der Waals surface area contributed by atoms with Gasteiger partial charge in [0, 0.05) is 11.6 Å². The van der Waals surface area contributed by atoms with Gasteiger partial charge in [0.05, 0.1) is 20.3 Å². The number of rotatable bonds is 9. The number of ether oxygens (including phenoxy) is 4. The van der Waals surface area contributed by atoms with Crippen molar-refractivity contribution in [1.29, 1.82) is 0 Å². The molecular weight excluding hydrogens is 400 g/mol. The molecule has 2 amide bonds. The van der Waals surface area contributed by atoms with E-state index in [4.69, 9.17) is 30.4 Å². The van der Waals surface area contributed by atoms with Gasteiger partial charge in [-0.15, -0.1) is 0 Å². The van der Waals surface area contributed by atoms with Crippen LogP contribution in [0.25, 0.3) is 6.08 Å². The van der Waals surface area contributed by atoms with Gasteiger partial charge in [0.1, 0.15) is 12.0 Å². The zero-order valence-electron chi connectivity index (χ0n) is 17.7. The number of hydrogen-bond acceptors (Lipinski definition) is 6. The second kappa shape index (κ2) is 9.42. The molecule has 0 saturated carbocycles. The monoisotopic (exact) mass is 426 g/mol. The largest absolute Gasteiger partial charge is 0.493 e. The standard InChI is InChI=1S/C23H26N2O6/c1-4-29-17-12-14(7-8-16(17)28-3)21-20(23(25)27)15-10-13(6-9-19(24)26)11-18(30-5-2)22(15)31-21/h6-12,20-21H,4-5H2,1-3H3,(H2,24,26)(H2,25,27)/b9-6+. The number of carbonyl (C=O) groups excluding carboxylic acids is 2. The number of amides is 2. The summed E-state index contributed by atoms with van der Waals surface area (Å²) in [5.74, 6) is 0.124. The number of carbonyl (C=O) groups is 2. The molecule has 0 fully saturated rings. The molecule has 1 aliphatic heterocycles. The average Bonchev–Trinajstić information content (AvgIpc) is 3.12. The molecule has 31 heavy (non-hydrogen) atoms. The molecule has 2 atom stereocenters. The van der Waals surface area contributed by atoms with Crippen molar-refractivity contribution >= 4 is 17.9 Å². The average molecular weight is 426 g/mol. The highest BCUT2D eigenvalue weighted by molar-refractivity contribution is 5.91. The zero-order valence-corrected chi connectivity index (χ0v) is 17.7. The lowest BCUT2D eigenvalue weighted by Crippen LogP contribution is -2.25.